The lowest BCUT2D eigenvalue weighted by atomic mass is 10.0. The minimum Gasteiger partial charge on any atom is -0.481 e. The molecule has 3 rings (SSSR count). The van der Waals surface area contributed by atoms with Crippen molar-refractivity contribution in [3.63, 3.8) is 0 Å². The minimum atomic E-state index is -0.756. The fourth-order valence-electron chi connectivity index (χ4n) is 2.94. The van der Waals surface area contributed by atoms with Gasteiger partial charge in [0.2, 0.25) is 0 Å². The molecular formula is C16H20N2O3. The molecule has 1 aliphatic rings. The Hall–Kier alpha value is -2.01. The summed E-state index contributed by atoms with van der Waals surface area (Å²) in [6, 6.07) is 6.36. The van der Waals surface area contributed by atoms with Crippen LogP contribution < -0.4 is 4.90 Å². The number of aryl methyl sites for hydroxylation is 2. The molecule has 1 aromatic heterocycles. The van der Waals surface area contributed by atoms with Crippen LogP contribution in [-0.2, 0) is 16.0 Å². The van der Waals surface area contributed by atoms with E-state index in [1.54, 1.807) is 0 Å². The molecule has 0 amide bonds. The van der Waals surface area contributed by atoms with Crippen molar-refractivity contribution in [1.82, 2.24) is 4.98 Å². The van der Waals surface area contributed by atoms with E-state index in [0.717, 1.165) is 48.5 Å². The zero-order valence-corrected chi connectivity index (χ0v) is 12.2. The number of carboxylic acids is 1. The van der Waals surface area contributed by atoms with E-state index >= 15 is 0 Å². The number of H-pyrrole nitrogens is 1. The van der Waals surface area contributed by atoms with Gasteiger partial charge in [-0.2, -0.15) is 0 Å². The number of anilines is 1. The number of benzene rings is 1. The van der Waals surface area contributed by atoms with Gasteiger partial charge in [0, 0.05) is 41.8 Å². The largest absolute Gasteiger partial charge is 0.481 e. The standard InChI is InChI=1S/C16H20N2O3/c1-11-13(3-5-16(19)20)14-10-12(2-4-15(14)17-11)18-6-8-21-9-7-18/h2,4,10,17H,3,5-9H2,1H3,(H,19,20). The second-order valence-electron chi connectivity index (χ2n) is 5.45. The van der Waals surface area contributed by atoms with Gasteiger partial charge in [-0.15, -0.1) is 0 Å². The van der Waals surface area contributed by atoms with Crippen LogP contribution in [0.5, 0.6) is 0 Å². The number of aliphatic carboxylic acids is 1. The number of carbonyl (C=O) groups is 1. The molecule has 1 aromatic carbocycles. The van der Waals surface area contributed by atoms with Gasteiger partial charge in [-0.1, -0.05) is 0 Å². The van der Waals surface area contributed by atoms with Crippen molar-refractivity contribution in [3.05, 3.63) is 29.5 Å². The van der Waals surface area contributed by atoms with Crippen LogP contribution in [-0.4, -0.2) is 42.4 Å². The lowest BCUT2D eigenvalue weighted by Crippen LogP contribution is -2.36. The van der Waals surface area contributed by atoms with Gasteiger partial charge < -0.3 is 19.7 Å². The second-order valence-corrected chi connectivity index (χ2v) is 5.45. The summed E-state index contributed by atoms with van der Waals surface area (Å²) in [5.74, 6) is -0.756. The predicted molar refractivity (Wildman–Crippen MR) is 82.0 cm³/mol. The monoisotopic (exact) mass is 288 g/mol. The maximum Gasteiger partial charge on any atom is 0.303 e. The number of morpholine rings is 1. The number of ether oxygens (including phenoxy) is 1. The van der Waals surface area contributed by atoms with Crippen molar-refractivity contribution in [2.24, 2.45) is 0 Å². The van der Waals surface area contributed by atoms with Gasteiger partial charge in [0.25, 0.3) is 0 Å². The van der Waals surface area contributed by atoms with Crippen LogP contribution in [0.3, 0.4) is 0 Å². The second kappa shape index (κ2) is 5.77. The number of fused-ring (bicyclic) bond motifs is 1. The first-order chi connectivity index (χ1) is 10.1. The van der Waals surface area contributed by atoms with Crippen LogP contribution in [0.4, 0.5) is 5.69 Å². The predicted octanol–water partition coefficient (Wildman–Crippen LogP) is 2.33. The maximum atomic E-state index is 10.8. The highest BCUT2D eigenvalue weighted by Crippen LogP contribution is 2.28. The third-order valence-electron chi connectivity index (χ3n) is 4.07. The number of hydrogen-bond donors (Lipinski definition) is 2. The van der Waals surface area contributed by atoms with E-state index in [2.05, 4.69) is 28.1 Å². The van der Waals surface area contributed by atoms with Gasteiger partial charge in [0.05, 0.1) is 13.2 Å². The van der Waals surface area contributed by atoms with Crippen LogP contribution in [0.2, 0.25) is 0 Å². The van der Waals surface area contributed by atoms with E-state index in [1.165, 1.54) is 5.69 Å². The molecule has 2 aromatic rings. The number of hydrogen-bond acceptors (Lipinski definition) is 3. The molecule has 0 saturated carbocycles. The van der Waals surface area contributed by atoms with Gasteiger partial charge >= 0.3 is 5.97 Å². The Morgan fingerprint density at radius 2 is 2.14 bits per heavy atom. The summed E-state index contributed by atoms with van der Waals surface area (Å²) >= 11 is 0. The Morgan fingerprint density at radius 3 is 2.86 bits per heavy atom. The third-order valence-corrected chi connectivity index (χ3v) is 4.07. The minimum absolute atomic E-state index is 0.162. The summed E-state index contributed by atoms with van der Waals surface area (Å²) in [6.45, 7) is 5.33. The highest BCUT2D eigenvalue weighted by Gasteiger charge is 2.15. The normalized spacial score (nSPS) is 15.6. The van der Waals surface area contributed by atoms with Gasteiger partial charge in [0.15, 0.2) is 0 Å². The van der Waals surface area contributed by atoms with Crippen molar-refractivity contribution in [2.45, 2.75) is 19.8 Å². The maximum absolute atomic E-state index is 10.8. The number of nitrogens with zero attached hydrogens (tertiary/aromatic N) is 1. The fraction of sp³-hybridized carbons (Fsp3) is 0.438. The molecule has 112 valence electrons. The van der Waals surface area contributed by atoms with E-state index in [-0.39, 0.29) is 6.42 Å². The van der Waals surface area contributed by atoms with Crippen molar-refractivity contribution in [2.75, 3.05) is 31.2 Å². The Labute approximate surface area is 123 Å². The Balaban J connectivity index is 1.94. The lowest BCUT2D eigenvalue weighted by molar-refractivity contribution is -0.136. The highest BCUT2D eigenvalue weighted by molar-refractivity contribution is 5.88. The highest BCUT2D eigenvalue weighted by atomic mass is 16.5. The van der Waals surface area contributed by atoms with E-state index < -0.39 is 5.97 Å². The molecule has 0 aliphatic carbocycles. The summed E-state index contributed by atoms with van der Waals surface area (Å²) in [5, 5.41) is 10.0. The summed E-state index contributed by atoms with van der Waals surface area (Å²) in [5.41, 5.74) is 4.43. The molecule has 5 nitrogen and oxygen atoms in total. The first-order valence-electron chi connectivity index (χ1n) is 7.31. The molecule has 2 heterocycles. The van der Waals surface area contributed by atoms with Crippen LogP contribution >= 0.6 is 0 Å². The number of aromatic amines is 1. The topological polar surface area (TPSA) is 65.6 Å². The molecule has 0 atom stereocenters. The van der Waals surface area contributed by atoms with Gasteiger partial charge in [0.1, 0.15) is 0 Å². The summed E-state index contributed by atoms with van der Waals surface area (Å²) in [6.07, 6.45) is 0.726. The number of nitrogens with one attached hydrogen (secondary N) is 1. The van der Waals surface area contributed by atoms with Crippen LogP contribution in [0.15, 0.2) is 18.2 Å². The Kier molecular flexibility index (Phi) is 3.84. The molecule has 5 heteroatoms. The number of aromatic nitrogens is 1. The number of rotatable bonds is 4. The molecule has 1 saturated heterocycles. The summed E-state index contributed by atoms with van der Waals surface area (Å²) < 4.78 is 5.39. The van der Waals surface area contributed by atoms with Crippen molar-refractivity contribution < 1.29 is 14.6 Å². The Bertz CT molecular complexity index is 657. The van der Waals surface area contributed by atoms with Crippen LogP contribution in [0.25, 0.3) is 10.9 Å². The van der Waals surface area contributed by atoms with Gasteiger partial charge in [-0.25, -0.2) is 0 Å². The van der Waals surface area contributed by atoms with E-state index in [4.69, 9.17) is 9.84 Å². The molecule has 0 unspecified atom stereocenters. The molecular weight excluding hydrogens is 268 g/mol. The van der Waals surface area contributed by atoms with E-state index in [1.807, 2.05) is 6.92 Å². The average molecular weight is 288 g/mol. The Morgan fingerprint density at radius 1 is 1.38 bits per heavy atom. The smallest absolute Gasteiger partial charge is 0.303 e. The van der Waals surface area contributed by atoms with Crippen LogP contribution in [0, 0.1) is 6.92 Å². The SMILES string of the molecule is Cc1[nH]c2ccc(N3CCOCC3)cc2c1CCC(=O)O. The molecule has 1 aliphatic heterocycles. The van der Waals surface area contributed by atoms with E-state index in [0.29, 0.717) is 6.42 Å². The molecule has 0 radical (unpaired) electrons. The van der Waals surface area contributed by atoms with Gasteiger partial charge in [-0.05, 0) is 37.1 Å². The molecule has 0 spiro atoms. The molecule has 1 fully saturated rings. The summed E-state index contributed by atoms with van der Waals surface area (Å²) in [7, 11) is 0. The van der Waals surface area contributed by atoms with Crippen molar-refractivity contribution in [1.29, 1.82) is 0 Å². The first kappa shape index (κ1) is 13.9. The van der Waals surface area contributed by atoms with Crippen LogP contribution in [0.1, 0.15) is 17.7 Å². The number of carboxylic acid groups (broad SMARTS) is 1. The van der Waals surface area contributed by atoms with Crippen molar-refractivity contribution >= 4 is 22.6 Å². The molecule has 2 N–H and O–H groups in total. The lowest BCUT2D eigenvalue weighted by Gasteiger charge is -2.29. The zero-order chi connectivity index (χ0) is 14.8. The zero-order valence-electron chi connectivity index (χ0n) is 12.2. The summed E-state index contributed by atoms with van der Waals surface area (Å²) in [4.78, 5) is 16.5. The first-order valence-corrected chi connectivity index (χ1v) is 7.31. The average Bonchev–Trinajstić information content (AvgIpc) is 2.80. The quantitative estimate of drug-likeness (QED) is 0.906. The van der Waals surface area contributed by atoms with Gasteiger partial charge in [-0.3, -0.25) is 4.79 Å². The third kappa shape index (κ3) is 2.88. The molecule has 0 bridgehead atoms. The van der Waals surface area contributed by atoms with E-state index in [9.17, 15) is 4.79 Å². The fourth-order valence-corrected chi connectivity index (χ4v) is 2.94. The molecule has 21 heavy (non-hydrogen) atoms. The van der Waals surface area contributed by atoms with Crippen molar-refractivity contribution in [3.8, 4) is 0 Å².